The van der Waals surface area contributed by atoms with Gasteiger partial charge in [-0.1, -0.05) is 0 Å². The Balaban J connectivity index is 2.08. The summed E-state index contributed by atoms with van der Waals surface area (Å²) in [4.78, 5) is 23.3. The van der Waals surface area contributed by atoms with Gasteiger partial charge in [0.2, 0.25) is 0 Å². The Kier molecular flexibility index (Phi) is 3.75. The quantitative estimate of drug-likeness (QED) is 0.685. The van der Waals surface area contributed by atoms with Gasteiger partial charge in [-0.15, -0.1) is 0 Å². The molecule has 1 saturated carbocycles. The molecule has 0 unspecified atom stereocenters. The molecule has 1 aliphatic heterocycles. The molecule has 1 saturated heterocycles. The van der Waals surface area contributed by atoms with Crippen molar-refractivity contribution in [3.8, 4) is 0 Å². The van der Waals surface area contributed by atoms with E-state index in [0.717, 1.165) is 17.7 Å². The summed E-state index contributed by atoms with van der Waals surface area (Å²) in [7, 11) is 0. The number of rotatable bonds is 2. The van der Waals surface area contributed by atoms with Crippen molar-refractivity contribution in [3.05, 3.63) is 0 Å². The first-order chi connectivity index (χ1) is 8.50. The lowest BCUT2D eigenvalue weighted by molar-refractivity contribution is -0.143. The maximum atomic E-state index is 11.3. The summed E-state index contributed by atoms with van der Waals surface area (Å²) in [5, 5.41) is 27.7. The van der Waals surface area contributed by atoms with Gasteiger partial charge in [-0.2, -0.15) is 0 Å². The van der Waals surface area contributed by atoms with Gasteiger partial charge >= 0.3 is 12.1 Å². The normalized spacial score (nSPS) is 36.6. The van der Waals surface area contributed by atoms with Crippen molar-refractivity contribution in [1.29, 1.82) is 0 Å². The van der Waals surface area contributed by atoms with E-state index in [0.29, 0.717) is 25.8 Å². The maximum Gasteiger partial charge on any atom is 0.408 e. The molecule has 1 aliphatic carbocycles. The number of aliphatic hydroxyl groups excluding tert-OH is 1. The summed E-state index contributed by atoms with van der Waals surface area (Å²) in [5.41, 5.74) is 0. The summed E-state index contributed by atoms with van der Waals surface area (Å²) in [6.07, 6.45) is 2.17. The van der Waals surface area contributed by atoms with Crippen LogP contribution >= 0.6 is 0 Å². The van der Waals surface area contributed by atoms with E-state index in [1.165, 1.54) is 0 Å². The number of hydrogen-bond donors (Lipinski definition) is 3. The molecule has 1 heterocycles. The zero-order valence-corrected chi connectivity index (χ0v) is 10.2. The summed E-state index contributed by atoms with van der Waals surface area (Å²) in [6.45, 7) is 0.302. The van der Waals surface area contributed by atoms with Gasteiger partial charge in [-0.05, 0) is 43.9 Å². The minimum Gasteiger partial charge on any atom is -0.480 e. The number of likely N-dealkylation sites (tertiary alicyclic amines) is 1. The van der Waals surface area contributed by atoms with Crippen molar-refractivity contribution in [3.63, 3.8) is 0 Å². The minimum absolute atomic E-state index is 0.105. The van der Waals surface area contributed by atoms with E-state index in [1.54, 1.807) is 0 Å². The lowest BCUT2D eigenvalue weighted by Crippen LogP contribution is -2.44. The fraction of sp³-hybridized carbons (Fsp3) is 0.833. The third-order valence-corrected chi connectivity index (χ3v) is 4.29. The van der Waals surface area contributed by atoms with Crippen LogP contribution in [0, 0.1) is 11.8 Å². The molecule has 0 aromatic carbocycles. The zero-order valence-electron chi connectivity index (χ0n) is 10.2. The molecule has 18 heavy (non-hydrogen) atoms. The van der Waals surface area contributed by atoms with Crippen LogP contribution in [0.1, 0.15) is 32.1 Å². The van der Waals surface area contributed by atoms with Crippen LogP contribution in [-0.2, 0) is 4.79 Å². The van der Waals surface area contributed by atoms with E-state index in [9.17, 15) is 19.8 Å². The van der Waals surface area contributed by atoms with E-state index >= 15 is 0 Å². The van der Waals surface area contributed by atoms with Crippen LogP contribution < -0.4 is 0 Å². The highest BCUT2D eigenvalue weighted by atomic mass is 16.4. The van der Waals surface area contributed by atoms with Gasteiger partial charge in [0, 0.05) is 6.54 Å². The van der Waals surface area contributed by atoms with Gasteiger partial charge in [0.25, 0.3) is 0 Å². The van der Waals surface area contributed by atoms with E-state index < -0.39 is 18.1 Å². The zero-order chi connectivity index (χ0) is 13.3. The predicted octanol–water partition coefficient (Wildman–Crippen LogP) is 0.991. The highest BCUT2D eigenvalue weighted by Gasteiger charge is 2.45. The largest absolute Gasteiger partial charge is 0.480 e. The average molecular weight is 257 g/mol. The second-order valence-electron chi connectivity index (χ2n) is 5.28. The minimum atomic E-state index is -1.15. The van der Waals surface area contributed by atoms with Gasteiger partial charge in [-0.25, -0.2) is 9.59 Å². The number of nitrogens with zero attached hydrogens (tertiary/aromatic N) is 1. The van der Waals surface area contributed by atoms with Gasteiger partial charge in [0.1, 0.15) is 6.04 Å². The molecular weight excluding hydrogens is 238 g/mol. The van der Waals surface area contributed by atoms with Crippen molar-refractivity contribution in [2.45, 2.75) is 44.2 Å². The SMILES string of the molecule is O=C(O)[C@@H]1[C@H](C2CCC(O)CC2)CCN1C(=O)O. The third kappa shape index (κ3) is 2.43. The number of aliphatic carboxylic acids is 1. The fourth-order valence-corrected chi connectivity index (χ4v) is 3.37. The highest BCUT2D eigenvalue weighted by molar-refractivity contribution is 5.80. The molecule has 0 spiro atoms. The van der Waals surface area contributed by atoms with Crippen LogP contribution in [0.3, 0.4) is 0 Å². The molecule has 6 nitrogen and oxygen atoms in total. The highest BCUT2D eigenvalue weighted by Crippen LogP contribution is 2.39. The Morgan fingerprint density at radius 1 is 1.00 bits per heavy atom. The van der Waals surface area contributed by atoms with E-state index in [-0.39, 0.29) is 17.9 Å². The first kappa shape index (κ1) is 13.1. The first-order valence-electron chi connectivity index (χ1n) is 6.41. The fourth-order valence-electron chi connectivity index (χ4n) is 3.37. The van der Waals surface area contributed by atoms with Crippen LogP contribution in [0.4, 0.5) is 4.79 Å². The smallest absolute Gasteiger partial charge is 0.408 e. The Labute approximate surface area is 105 Å². The van der Waals surface area contributed by atoms with E-state index in [1.807, 2.05) is 0 Å². The lowest BCUT2D eigenvalue weighted by Gasteiger charge is -2.32. The average Bonchev–Trinajstić information content (AvgIpc) is 2.74. The van der Waals surface area contributed by atoms with Crippen molar-refractivity contribution in [2.24, 2.45) is 11.8 Å². The molecule has 0 aromatic heterocycles. The molecule has 6 heteroatoms. The Morgan fingerprint density at radius 3 is 2.11 bits per heavy atom. The van der Waals surface area contributed by atoms with Crippen LogP contribution in [0.15, 0.2) is 0 Å². The summed E-state index contributed by atoms with van der Waals surface area (Å²) in [5.74, 6) is -0.934. The molecule has 2 rings (SSSR count). The van der Waals surface area contributed by atoms with Gasteiger partial charge in [0.05, 0.1) is 6.10 Å². The van der Waals surface area contributed by atoms with E-state index in [2.05, 4.69) is 0 Å². The van der Waals surface area contributed by atoms with E-state index in [4.69, 9.17) is 5.11 Å². The van der Waals surface area contributed by atoms with Gasteiger partial charge in [0.15, 0.2) is 0 Å². The number of hydrogen-bond acceptors (Lipinski definition) is 3. The molecule has 2 aliphatic rings. The Bertz CT molecular complexity index is 337. The number of carboxylic acids is 1. The van der Waals surface area contributed by atoms with Crippen LogP contribution in [0.2, 0.25) is 0 Å². The van der Waals surface area contributed by atoms with Crippen molar-refractivity contribution in [1.82, 2.24) is 4.90 Å². The molecule has 2 fully saturated rings. The number of carboxylic acid groups (broad SMARTS) is 2. The third-order valence-electron chi connectivity index (χ3n) is 4.29. The second-order valence-corrected chi connectivity index (χ2v) is 5.28. The van der Waals surface area contributed by atoms with Crippen LogP contribution in [-0.4, -0.2) is 51.0 Å². The number of amides is 1. The lowest BCUT2D eigenvalue weighted by atomic mass is 9.76. The van der Waals surface area contributed by atoms with Crippen molar-refractivity contribution < 1.29 is 24.9 Å². The summed E-state index contributed by atoms with van der Waals surface area (Å²) >= 11 is 0. The Hall–Kier alpha value is -1.30. The molecule has 102 valence electrons. The molecular formula is C12H19NO5. The molecule has 1 amide bonds. The molecule has 0 radical (unpaired) electrons. The molecule has 0 aromatic rings. The van der Waals surface area contributed by atoms with Crippen molar-refractivity contribution in [2.75, 3.05) is 6.54 Å². The standard InChI is InChI=1S/C12H19NO5/c14-8-3-1-7(2-4-8)9-5-6-13(12(17)18)10(9)11(15)16/h7-10,14H,1-6H2,(H,15,16)(H,17,18)/t7?,8?,9-,10-/m0/s1. The summed E-state index contributed by atoms with van der Waals surface area (Å²) < 4.78 is 0. The summed E-state index contributed by atoms with van der Waals surface area (Å²) in [6, 6.07) is -0.914. The number of aliphatic hydroxyl groups is 1. The topological polar surface area (TPSA) is 98.1 Å². The molecule has 2 atom stereocenters. The molecule has 3 N–H and O–H groups in total. The second kappa shape index (κ2) is 5.14. The number of carbonyl (C=O) groups is 2. The monoisotopic (exact) mass is 257 g/mol. The van der Waals surface area contributed by atoms with Gasteiger partial charge < -0.3 is 15.3 Å². The van der Waals surface area contributed by atoms with Crippen molar-refractivity contribution >= 4 is 12.1 Å². The molecule has 0 bridgehead atoms. The predicted molar refractivity (Wildman–Crippen MR) is 62.2 cm³/mol. The Morgan fingerprint density at radius 2 is 1.61 bits per heavy atom. The van der Waals surface area contributed by atoms with Gasteiger partial charge in [-0.3, -0.25) is 4.90 Å². The maximum absolute atomic E-state index is 11.3. The first-order valence-corrected chi connectivity index (χ1v) is 6.41. The van der Waals surface area contributed by atoms with Crippen LogP contribution in [0.5, 0.6) is 0 Å². The van der Waals surface area contributed by atoms with Crippen LogP contribution in [0.25, 0.3) is 0 Å².